The molecular formula is C23H24N2O3. The summed E-state index contributed by atoms with van der Waals surface area (Å²) in [5, 5.41) is 8.04. The third-order valence-electron chi connectivity index (χ3n) is 6.00. The monoisotopic (exact) mass is 376 g/mol. The van der Waals surface area contributed by atoms with Crippen molar-refractivity contribution in [2.24, 2.45) is 0 Å². The normalized spacial score (nSPS) is 17.1. The lowest BCUT2D eigenvalue weighted by atomic mass is 9.91. The molecule has 5 nitrogen and oxygen atoms in total. The summed E-state index contributed by atoms with van der Waals surface area (Å²) in [6.45, 7) is 3.13. The molecule has 2 heterocycles. The molecule has 0 atom stereocenters. The van der Waals surface area contributed by atoms with Crippen molar-refractivity contribution in [1.29, 1.82) is 0 Å². The molecule has 1 aliphatic carbocycles. The van der Waals surface area contributed by atoms with Crippen molar-refractivity contribution >= 4 is 22.6 Å². The maximum Gasteiger partial charge on any atom is 0.167 e. The van der Waals surface area contributed by atoms with Gasteiger partial charge in [-0.3, -0.25) is 4.90 Å². The van der Waals surface area contributed by atoms with Crippen LogP contribution < -0.4 is 19.9 Å². The lowest BCUT2D eigenvalue weighted by molar-refractivity contribution is 0.232. The second-order valence-corrected chi connectivity index (χ2v) is 7.58. The number of nitrogens with zero attached hydrogens (tertiary/aromatic N) is 2. The van der Waals surface area contributed by atoms with E-state index >= 15 is 0 Å². The first-order chi connectivity index (χ1) is 13.8. The summed E-state index contributed by atoms with van der Waals surface area (Å²) in [7, 11) is 3.36. The Hall–Kier alpha value is -2.79. The zero-order valence-electron chi connectivity index (χ0n) is 16.3. The fourth-order valence-corrected chi connectivity index (χ4v) is 4.42. The number of fused-ring (bicyclic) bond motifs is 2. The molecule has 0 amide bonds. The van der Waals surface area contributed by atoms with E-state index in [1.165, 1.54) is 16.0 Å². The second-order valence-electron chi connectivity index (χ2n) is 7.58. The second kappa shape index (κ2) is 6.99. The lowest BCUT2D eigenvalue weighted by Crippen LogP contribution is -2.41. The molecule has 2 aromatic carbocycles. The Bertz CT molecular complexity index is 1140. The fourth-order valence-electron chi connectivity index (χ4n) is 4.42. The number of hydrogen-bond acceptors (Lipinski definition) is 5. The molecule has 1 aliphatic heterocycles. The maximum absolute atomic E-state index is 5.51. The van der Waals surface area contributed by atoms with Crippen molar-refractivity contribution in [2.45, 2.75) is 18.8 Å². The van der Waals surface area contributed by atoms with Gasteiger partial charge in [-0.15, -0.1) is 0 Å². The number of ether oxygens (including phenoxy) is 2. The summed E-state index contributed by atoms with van der Waals surface area (Å²) in [4.78, 5) is 2.53. The topological polar surface area (TPSA) is 47.7 Å². The molecule has 0 saturated carbocycles. The highest BCUT2D eigenvalue weighted by Gasteiger charge is 2.25. The van der Waals surface area contributed by atoms with Crippen molar-refractivity contribution in [3.05, 3.63) is 52.5 Å². The molecule has 1 saturated heterocycles. The molecule has 144 valence electrons. The Labute approximate surface area is 163 Å². The van der Waals surface area contributed by atoms with Crippen LogP contribution in [0.1, 0.15) is 24.5 Å². The summed E-state index contributed by atoms with van der Waals surface area (Å²) in [6, 6.07) is 12.3. The summed E-state index contributed by atoms with van der Waals surface area (Å²) >= 11 is 0. The van der Waals surface area contributed by atoms with Gasteiger partial charge >= 0.3 is 0 Å². The van der Waals surface area contributed by atoms with Crippen LogP contribution in [0.15, 0.2) is 40.9 Å². The summed E-state index contributed by atoms with van der Waals surface area (Å²) in [5.41, 5.74) is 3.39. The van der Waals surface area contributed by atoms with E-state index < -0.39 is 0 Å². The van der Waals surface area contributed by atoms with Gasteiger partial charge in [0.25, 0.3) is 0 Å². The highest BCUT2D eigenvalue weighted by Crippen LogP contribution is 2.32. The molecule has 3 aromatic rings. The van der Waals surface area contributed by atoms with Gasteiger partial charge < -0.3 is 14.0 Å². The van der Waals surface area contributed by atoms with Crippen LogP contribution in [-0.2, 0) is 0 Å². The SMILES string of the molecule is COc1cc2c(cc1OC)=C(CN1CCC(c3noc4ccccc34)CC1)C=2. The van der Waals surface area contributed by atoms with E-state index in [2.05, 4.69) is 40.4 Å². The number of para-hydroxylation sites is 1. The number of methoxy groups -OCH3 is 2. The average molecular weight is 376 g/mol. The Morgan fingerprint density at radius 1 is 1.07 bits per heavy atom. The maximum atomic E-state index is 5.51. The van der Waals surface area contributed by atoms with Crippen LogP contribution >= 0.6 is 0 Å². The van der Waals surface area contributed by atoms with Gasteiger partial charge in [-0.25, -0.2) is 0 Å². The standard InChI is InChI=1S/C23H24N2O3/c1-26-21-12-16-11-17(19(16)13-22(21)27-2)14-25-9-7-15(8-10-25)23-18-5-3-4-6-20(18)28-24-23/h3-6,11-13,15H,7-10,14H2,1-2H3. The van der Waals surface area contributed by atoms with Crippen LogP contribution in [0.2, 0.25) is 0 Å². The lowest BCUT2D eigenvalue weighted by Gasteiger charge is -2.32. The zero-order chi connectivity index (χ0) is 19.1. The summed E-state index contributed by atoms with van der Waals surface area (Å²) in [6.07, 6.45) is 4.49. The van der Waals surface area contributed by atoms with Crippen molar-refractivity contribution in [3.8, 4) is 11.5 Å². The first-order valence-corrected chi connectivity index (χ1v) is 9.80. The number of likely N-dealkylation sites (tertiary alicyclic amines) is 1. The number of piperidine rings is 1. The minimum atomic E-state index is 0.479. The van der Waals surface area contributed by atoms with Crippen LogP contribution in [0.25, 0.3) is 22.6 Å². The molecule has 0 radical (unpaired) electrons. The number of hydrogen-bond donors (Lipinski definition) is 0. The summed E-state index contributed by atoms with van der Waals surface area (Å²) < 4.78 is 16.3. The molecule has 1 fully saturated rings. The predicted octanol–water partition coefficient (Wildman–Crippen LogP) is 2.67. The van der Waals surface area contributed by atoms with Gasteiger partial charge in [-0.05, 0) is 72.3 Å². The van der Waals surface area contributed by atoms with E-state index in [4.69, 9.17) is 14.0 Å². The van der Waals surface area contributed by atoms with Gasteiger partial charge in [0.15, 0.2) is 17.1 Å². The molecule has 0 unspecified atom stereocenters. The van der Waals surface area contributed by atoms with Crippen molar-refractivity contribution in [1.82, 2.24) is 10.1 Å². The molecule has 2 aliphatic rings. The van der Waals surface area contributed by atoms with Crippen LogP contribution in [0.4, 0.5) is 0 Å². The first kappa shape index (κ1) is 17.3. The molecule has 5 heteroatoms. The Morgan fingerprint density at radius 2 is 1.82 bits per heavy atom. The highest BCUT2D eigenvalue weighted by atomic mass is 16.5. The van der Waals surface area contributed by atoms with E-state index in [0.29, 0.717) is 5.92 Å². The largest absolute Gasteiger partial charge is 0.493 e. The first-order valence-electron chi connectivity index (χ1n) is 9.80. The Kier molecular flexibility index (Phi) is 4.32. The molecule has 1 aromatic heterocycles. The van der Waals surface area contributed by atoms with Crippen molar-refractivity contribution in [3.63, 3.8) is 0 Å². The third kappa shape index (κ3) is 2.87. The number of rotatable bonds is 5. The molecule has 5 rings (SSSR count). The van der Waals surface area contributed by atoms with Crippen LogP contribution in [0.3, 0.4) is 0 Å². The van der Waals surface area contributed by atoms with Gasteiger partial charge in [-0.2, -0.15) is 0 Å². The van der Waals surface area contributed by atoms with E-state index in [0.717, 1.165) is 60.6 Å². The molecule has 0 N–H and O–H groups in total. The minimum Gasteiger partial charge on any atom is -0.493 e. The predicted molar refractivity (Wildman–Crippen MR) is 109 cm³/mol. The van der Waals surface area contributed by atoms with Crippen molar-refractivity contribution in [2.75, 3.05) is 33.9 Å². The number of aromatic nitrogens is 1. The van der Waals surface area contributed by atoms with Crippen LogP contribution in [-0.4, -0.2) is 43.9 Å². The average Bonchev–Trinajstić information content (AvgIpc) is 3.16. The van der Waals surface area contributed by atoms with E-state index in [1.54, 1.807) is 14.2 Å². The minimum absolute atomic E-state index is 0.479. The Morgan fingerprint density at radius 3 is 2.61 bits per heavy atom. The number of benzene rings is 2. The van der Waals surface area contributed by atoms with Gasteiger partial charge in [-0.1, -0.05) is 17.3 Å². The van der Waals surface area contributed by atoms with Crippen LogP contribution in [0.5, 0.6) is 11.5 Å². The van der Waals surface area contributed by atoms with E-state index in [9.17, 15) is 0 Å². The van der Waals surface area contributed by atoms with Crippen molar-refractivity contribution < 1.29 is 14.0 Å². The molecule has 0 bridgehead atoms. The fraction of sp³-hybridized carbons (Fsp3) is 0.348. The summed E-state index contributed by atoms with van der Waals surface area (Å²) in [5.74, 6) is 2.06. The quantitative estimate of drug-likeness (QED) is 0.685. The van der Waals surface area contributed by atoms with E-state index in [1.807, 2.05) is 12.1 Å². The van der Waals surface area contributed by atoms with E-state index in [-0.39, 0.29) is 0 Å². The Balaban J connectivity index is 1.29. The molecular weight excluding hydrogens is 352 g/mol. The molecule has 0 spiro atoms. The van der Waals surface area contributed by atoms with Gasteiger partial charge in [0.05, 0.1) is 19.9 Å². The van der Waals surface area contributed by atoms with Gasteiger partial charge in [0.1, 0.15) is 0 Å². The third-order valence-corrected chi connectivity index (χ3v) is 6.00. The van der Waals surface area contributed by atoms with Gasteiger partial charge in [0, 0.05) is 17.8 Å². The van der Waals surface area contributed by atoms with Gasteiger partial charge in [0.2, 0.25) is 0 Å². The smallest absolute Gasteiger partial charge is 0.167 e. The van der Waals surface area contributed by atoms with Crippen LogP contribution in [0, 0.1) is 0 Å². The molecule has 28 heavy (non-hydrogen) atoms. The zero-order valence-corrected chi connectivity index (χ0v) is 16.3. The highest BCUT2D eigenvalue weighted by molar-refractivity contribution is 5.84.